The maximum Gasteiger partial charge on any atom is 0.242 e. The zero-order valence-corrected chi connectivity index (χ0v) is 15.8. The summed E-state index contributed by atoms with van der Waals surface area (Å²) in [5, 5.41) is 0. The van der Waals surface area contributed by atoms with E-state index >= 15 is 0 Å². The van der Waals surface area contributed by atoms with Gasteiger partial charge in [0, 0.05) is 26.4 Å². The predicted molar refractivity (Wildman–Crippen MR) is 91.9 cm³/mol. The van der Waals surface area contributed by atoms with Crippen molar-refractivity contribution in [1.29, 1.82) is 0 Å². The predicted octanol–water partition coefficient (Wildman–Crippen LogP) is 0.0954. The van der Waals surface area contributed by atoms with Gasteiger partial charge in [0.05, 0.1) is 35.2 Å². The highest BCUT2D eigenvalue weighted by Crippen LogP contribution is 2.41. The Morgan fingerprint density at radius 1 is 1.24 bits per heavy atom. The average molecular weight is 388 g/mol. The van der Waals surface area contributed by atoms with Crippen LogP contribution >= 0.6 is 0 Å². The number of sulfone groups is 1. The molecule has 1 amide bonds. The van der Waals surface area contributed by atoms with Crippen LogP contribution in [-0.4, -0.2) is 65.8 Å². The Morgan fingerprint density at radius 3 is 2.52 bits per heavy atom. The van der Waals surface area contributed by atoms with Crippen molar-refractivity contribution in [2.24, 2.45) is 5.92 Å². The average Bonchev–Trinajstić information content (AvgIpc) is 2.96. The number of ether oxygens (including phenoxy) is 1. The number of benzene rings is 1. The molecule has 8 nitrogen and oxygen atoms in total. The van der Waals surface area contributed by atoms with Crippen LogP contribution in [0.2, 0.25) is 0 Å². The molecule has 2 heterocycles. The summed E-state index contributed by atoms with van der Waals surface area (Å²) in [6.07, 6.45) is 0.137. The number of sulfonamides is 1. The van der Waals surface area contributed by atoms with Gasteiger partial charge in [-0.05, 0) is 18.2 Å². The summed E-state index contributed by atoms with van der Waals surface area (Å²) in [4.78, 5) is 13.9. The minimum absolute atomic E-state index is 0.0160. The zero-order valence-electron chi connectivity index (χ0n) is 14.2. The number of nitrogens with zero attached hydrogens (tertiary/aromatic N) is 2. The summed E-state index contributed by atoms with van der Waals surface area (Å²) in [7, 11) is -2.65. The molecule has 0 spiro atoms. The van der Waals surface area contributed by atoms with E-state index in [2.05, 4.69) is 0 Å². The molecule has 1 aromatic carbocycles. The van der Waals surface area contributed by atoms with Crippen molar-refractivity contribution in [3.8, 4) is 5.75 Å². The number of carbonyl (C=O) groups excluding carboxylic acids is 1. The molecule has 138 valence electrons. The number of amides is 1. The number of hydrogen-bond acceptors (Lipinski definition) is 6. The number of methoxy groups -OCH3 is 1. The van der Waals surface area contributed by atoms with Crippen LogP contribution < -0.4 is 9.64 Å². The van der Waals surface area contributed by atoms with Crippen molar-refractivity contribution in [3.63, 3.8) is 0 Å². The van der Waals surface area contributed by atoms with Crippen molar-refractivity contribution >= 4 is 31.5 Å². The second kappa shape index (κ2) is 5.96. The third-order valence-electron chi connectivity index (χ3n) is 4.66. The van der Waals surface area contributed by atoms with Gasteiger partial charge in [0.1, 0.15) is 5.75 Å². The number of fused-ring (bicyclic) bond motifs is 1. The van der Waals surface area contributed by atoms with Crippen LogP contribution in [0.3, 0.4) is 0 Å². The van der Waals surface area contributed by atoms with Gasteiger partial charge < -0.3 is 9.64 Å². The number of anilines is 1. The van der Waals surface area contributed by atoms with E-state index in [0.717, 1.165) is 4.31 Å². The quantitative estimate of drug-likeness (QED) is 0.725. The summed E-state index contributed by atoms with van der Waals surface area (Å²) in [5.41, 5.74) is 0.292. The van der Waals surface area contributed by atoms with Crippen LogP contribution in [-0.2, 0) is 24.7 Å². The van der Waals surface area contributed by atoms with E-state index in [1.807, 2.05) is 0 Å². The minimum Gasteiger partial charge on any atom is -0.495 e. The first-order valence-electron chi connectivity index (χ1n) is 7.70. The highest BCUT2D eigenvalue weighted by atomic mass is 32.2. The lowest BCUT2D eigenvalue weighted by atomic mass is 10.0. The van der Waals surface area contributed by atoms with E-state index in [-0.39, 0.29) is 34.6 Å². The molecular weight excluding hydrogens is 368 g/mol. The molecule has 2 aliphatic heterocycles. The van der Waals surface area contributed by atoms with E-state index in [4.69, 9.17) is 4.74 Å². The van der Waals surface area contributed by atoms with Gasteiger partial charge in [-0.25, -0.2) is 21.1 Å². The lowest BCUT2D eigenvalue weighted by Gasteiger charge is -2.26. The van der Waals surface area contributed by atoms with Crippen molar-refractivity contribution in [2.45, 2.75) is 17.4 Å². The molecule has 1 aromatic rings. The SMILES string of the molecule is COc1ccc(S(=O)(=O)N(C)C)cc1N1C(=O)C[C@H]2CS(=O)(=O)C[C@H]21. The van der Waals surface area contributed by atoms with Crippen molar-refractivity contribution in [2.75, 3.05) is 37.6 Å². The maximum absolute atomic E-state index is 12.5. The Bertz CT molecular complexity index is 923. The van der Waals surface area contributed by atoms with Gasteiger partial charge >= 0.3 is 0 Å². The first-order valence-corrected chi connectivity index (χ1v) is 11.0. The van der Waals surface area contributed by atoms with Crippen LogP contribution in [0.5, 0.6) is 5.75 Å². The third-order valence-corrected chi connectivity index (χ3v) is 8.26. The van der Waals surface area contributed by atoms with Gasteiger partial charge in [-0.1, -0.05) is 0 Å². The van der Waals surface area contributed by atoms with Crippen molar-refractivity contribution in [3.05, 3.63) is 18.2 Å². The first-order chi connectivity index (χ1) is 11.6. The van der Waals surface area contributed by atoms with Gasteiger partial charge in [0.2, 0.25) is 15.9 Å². The fourth-order valence-electron chi connectivity index (χ4n) is 3.43. The Balaban J connectivity index is 2.11. The van der Waals surface area contributed by atoms with Crippen LogP contribution in [0.15, 0.2) is 23.1 Å². The van der Waals surface area contributed by atoms with Crippen LogP contribution in [0.4, 0.5) is 5.69 Å². The molecule has 25 heavy (non-hydrogen) atoms. The monoisotopic (exact) mass is 388 g/mol. The van der Waals surface area contributed by atoms with Crippen molar-refractivity contribution in [1.82, 2.24) is 4.31 Å². The maximum atomic E-state index is 12.5. The van der Waals surface area contributed by atoms with Gasteiger partial charge in [-0.2, -0.15) is 0 Å². The summed E-state index contributed by atoms with van der Waals surface area (Å²) < 4.78 is 55.0. The molecule has 2 atom stereocenters. The number of hydrogen-bond donors (Lipinski definition) is 0. The number of rotatable bonds is 4. The van der Waals surface area contributed by atoms with E-state index in [0.29, 0.717) is 11.4 Å². The second-order valence-electron chi connectivity index (χ2n) is 6.49. The van der Waals surface area contributed by atoms with E-state index < -0.39 is 25.9 Å². The van der Waals surface area contributed by atoms with Crippen LogP contribution in [0.1, 0.15) is 6.42 Å². The first kappa shape index (κ1) is 18.2. The lowest BCUT2D eigenvalue weighted by Crippen LogP contribution is -2.36. The molecular formula is C15H20N2O6S2. The lowest BCUT2D eigenvalue weighted by molar-refractivity contribution is -0.117. The van der Waals surface area contributed by atoms with E-state index in [9.17, 15) is 21.6 Å². The van der Waals surface area contributed by atoms with Gasteiger partial charge in [0.25, 0.3) is 0 Å². The molecule has 0 radical (unpaired) electrons. The number of carbonyl (C=O) groups is 1. The van der Waals surface area contributed by atoms with Crippen LogP contribution in [0.25, 0.3) is 0 Å². The molecule has 0 aromatic heterocycles. The molecule has 3 rings (SSSR count). The minimum atomic E-state index is -3.69. The summed E-state index contributed by atoms with van der Waals surface area (Å²) >= 11 is 0. The van der Waals surface area contributed by atoms with E-state index in [1.54, 1.807) is 0 Å². The summed E-state index contributed by atoms with van der Waals surface area (Å²) in [5.74, 6) is -0.287. The summed E-state index contributed by atoms with van der Waals surface area (Å²) in [6.45, 7) is 0. The highest BCUT2D eigenvalue weighted by Gasteiger charge is 2.50. The standard InChI is InChI=1S/C15H20N2O6S2/c1-16(2)25(21,22)11-4-5-14(23-3)12(7-11)17-13-9-24(19,20)8-10(13)6-15(17)18/h4-5,7,10,13H,6,8-9H2,1-3H3/t10-,13+/m0/s1. The zero-order chi connectivity index (χ0) is 18.6. The molecule has 0 unspecified atom stereocenters. The molecule has 2 aliphatic rings. The highest BCUT2D eigenvalue weighted by molar-refractivity contribution is 7.91. The van der Waals surface area contributed by atoms with Crippen molar-refractivity contribution < 1.29 is 26.4 Å². The van der Waals surface area contributed by atoms with Gasteiger partial charge in [0.15, 0.2) is 9.84 Å². The normalized spacial score (nSPS) is 25.4. The third kappa shape index (κ3) is 3.02. The van der Waals surface area contributed by atoms with Gasteiger partial charge in [-0.3, -0.25) is 4.79 Å². The molecule has 0 bridgehead atoms. The largest absolute Gasteiger partial charge is 0.495 e. The molecule has 2 saturated heterocycles. The Labute approximate surface area is 147 Å². The smallest absolute Gasteiger partial charge is 0.242 e. The second-order valence-corrected chi connectivity index (χ2v) is 10.8. The van der Waals surface area contributed by atoms with Crippen LogP contribution in [0, 0.1) is 5.92 Å². The Morgan fingerprint density at radius 2 is 1.92 bits per heavy atom. The molecule has 0 aliphatic carbocycles. The molecule has 10 heteroatoms. The molecule has 2 fully saturated rings. The fourth-order valence-corrected chi connectivity index (χ4v) is 6.42. The molecule has 0 saturated carbocycles. The fraction of sp³-hybridized carbons (Fsp3) is 0.533. The summed E-state index contributed by atoms with van der Waals surface area (Å²) in [6, 6.07) is 3.78. The Kier molecular flexibility index (Phi) is 4.33. The molecule has 0 N–H and O–H groups in total. The Hall–Kier alpha value is -1.65. The topological polar surface area (TPSA) is 101 Å². The van der Waals surface area contributed by atoms with Gasteiger partial charge in [-0.15, -0.1) is 0 Å². The van der Waals surface area contributed by atoms with E-state index in [1.165, 1.54) is 44.3 Å².